The van der Waals surface area contributed by atoms with Crippen LogP contribution in [0.2, 0.25) is 0 Å². The first-order valence-electron chi connectivity index (χ1n) is 6.24. The molecule has 0 atom stereocenters. The van der Waals surface area contributed by atoms with E-state index in [1.54, 1.807) is 7.11 Å². The van der Waals surface area contributed by atoms with E-state index in [0.29, 0.717) is 13.2 Å². The summed E-state index contributed by atoms with van der Waals surface area (Å²) in [5.74, 6) is 0.199. The molecule has 5 heteroatoms. The highest BCUT2D eigenvalue weighted by Crippen LogP contribution is 2.31. The third-order valence-electron chi connectivity index (χ3n) is 3.75. The van der Waals surface area contributed by atoms with Gasteiger partial charge in [-0.05, 0) is 32.7 Å². The average molecular weight is 244 g/mol. The number of hydrogen-bond acceptors (Lipinski definition) is 4. The van der Waals surface area contributed by atoms with Gasteiger partial charge in [-0.3, -0.25) is 4.79 Å². The second-order valence-corrected chi connectivity index (χ2v) is 4.75. The summed E-state index contributed by atoms with van der Waals surface area (Å²) in [5, 5.41) is 15.4. The first kappa shape index (κ1) is 14.4. The van der Waals surface area contributed by atoms with Gasteiger partial charge >= 0.3 is 0 Å². The van der Waals surface area contributed by atoms with Crippen molar-refractivity contribution in [3.8, 4) is 0 Å². The molecule has 5 nitrogen and oxygen atoms in total. The van der Waals surface area contributed by atoms with E-state index in [1.807, 2.05) is 7.05 Å². The third kappa shape index (κ3) is 3.94. The number of carbonyl (C=O) groups is 1. The summed E-state index contributed by atoms with van der Waals surface area (Å²) in [5.41, 5.74) is -0.177. The minimum atomic E-state index is -0.177. The lowest BCUT2D eigenvalue weighted by Crippen LogP contribution is -2.50. The molecule has 0 aromatic rings. The second kappa shape index (κ2) is 6.93. The number of amides is 1. The molecule has 17 heavy (non-hydrogen) atoms. The van der Waals surface area contributed by atoms with Gasteiger partial charge in [-0.15, -0.1) is 0 Å². The number of carbonyl (C=O) groups excluding carboxylic acids is 1. The lowest BCUT2D eigenvalue weighted by atomic mass is 9.76. The van der Waals surface area contributed by atoms with Crippen LogP contribution in [0.15, 0.2) is 0 Å². The SMILES string of the molecule is CNC1(CO)CCC(C(=O)NCCOC)CC1. The summed E-state index contributed by atoms with van der Waals surface area (Å²) < 4.78 is 4.89. The fourth-order valence-corrected chi connectivity index (χ4v) is 2.34. The van der Waals surface area contributed by atoms with Crippen molar-refractivity contribution < 1.29 is 14.6 Å². The molecule has 0 spiro atoms. The summed E-state index contributed by atoms with van der Waals surface area (Å²) >= 11 is 0. The van der Waals surface area contributed by atoms with E-state index in [4.69, 9.17) is 4.74 Å². The Morgan fingerprint density at radius 2 is 2.12 bits per heavy atom. The molecule has 0 aromatic carbocycles. The van der Waals surface area contributed by atoms with Crippen molar-refractivity contribution in [3.63, 3.8) is 0 Å². The average Bonchev–Trinajstić information content (AvgIpc) is 2.39. The minimum Gasteiger partial charge on any atom is -0.394 e. The number of ether oxygens (including phenoxy) is 1. The van der Waals surface area contributed by atoms with Gasteiger partial charge < -0.3 is 20.5 Å². The number of aliphatic hydroxyl groups excluding tert-OH is 1. The molecular formula is C12H24N2O3. The van der Waals surface area contributed by atoms with Gasteiger partial charge in [0.1, 0.15) is 0 Å². The highest BCUT2D eigenvalue weighted by Gasteiger charge is 2.35. The molecule has 0 aromatic heterocycles. The maximum absolute atomic E-state index is 11.8. The van der Waals surface area contributed by atoms with Crippen LogP contribution in [0.4, 0.5) is 0 Å². The maximum atomic E-state index is 11.8. The molecule has 1 aliphatic carbocycles. The van der Waals surface area contributed by atoms with Gasteiger partial charge in [0.2, 0.25) is 5.91 Å². The van der Waals surface area contributed by atoms with Crippen LogP contribution in [-0.4, -0.2) is 50.5 Å². The van der Waals surface area contributed by atoms with Crippen molar-refractivity contribution in [2.45, 2.75) is 31.2 Å². The van der Waals surface area contributed by atoms with Crippen LogP contribution in [0.25, 0.3) is 0 Å². The van der Waals surface area contributed by atoms with Crippen molar-refractivity contribution in [3.05, 3.63) is 0 Å². The number of methoxy groups -OCH3 is 1. The van der Waals surface area contributed by atoms with E-state index in [1.165, 1.54) is 0 Å². The molecule has 1 fully saturated rings. The van der Waals surface area contributed by atoms with Gasteiger partial charge in [0, 0.05) is 25.1 Å². The van der Waals surface area contributed by atoms with Gasteiger partial charge in [-0.2, -0.15) is 0 Å². The fraction of sp³-hybridized carbons (Fsp3) is 0.917. The molecule has 0 radical (unpaired) electrons. The van der Waals surface area contributed by atoms with Gasteiger partial charge in [-0.25, -0.2) is 0 Å². The van der Waals surface area contributed by atoms with Crippen LogP contribution in [0.3, 0.4) is 0 Å². The van der Waals surface area contributed by atoms with Crippen molar-refractivity contribution in [1.82, 2.24) is 10.6 Å². The lowest BCUT2D eigenvalue weighted by Gasteiger charge is -2.38. The lowest BCUT2D eigenvalue weighted by molar-refractivity contribution is -0.126. The van der Waals surface area contributed by atoms with Gasteiger partial charge in [0.05, 0.1) is 13.2 Å². The third-order valence-corrected chi connectivity index (χ3v) is 3.75. The Morgan fingerprint density at radius 3 is 2.59 bits per heavy atom. The van der Waals surface area contributed by atoms with E-state index >= 15 is 0 Å². The van der Waals surface area contributed by atoms with Gasteiger partial charge in [-0.1, -0.05) is 0 Å². The summed E-state index contributed by atoms with van der Waals surface area (Å²) in [4.78, 5) is 11.8. The fourth-order valence-electron chi connectivity index (χ4n) is 2.34. The van der Waals surface area contributed by atoms with E-state index in [9.17, 15) is 9.90 Å². The minimum absolute atomic E-state index is 0.0832. The molecule has 1 aliphatic rings. The normalized spacial score (nSPS) is 29.0. The van der Waals surface area contributed by atoms with E-state index < -0.39 is 0 Å². The Hall–Kier alpha value is -0.650. The van der Waals surface area contributed by atoms with Crippen molar-refractivity contribution in [2.24, 2.45) is 5.92 Å². The standard InChI is InChI=1S/C12H24N2O3/c1-13-12(9-15)5-3-10(4-6-12)11(16)14-7-8-17-2/h10,13,15H,3-9H2,1-2H3,(H,14,16). The largest absolute Gasteiger partial charge is 0.394 e. The zero-order valence-electron chi connectivity index (χ0n) is 10.8. The monoisotopic (exact) mass is 244 g/mol. The maximum Gasteiger partial charge on any atom is 0.223 e. The zero-order valence-corrected chi connectivity index (χ0v) is 10.8. The second-order valence-electron chi connectivity index (χ2n) is 4.75. The van der Waals surface area contributed by atoms with Crippen molar-refractivity contribution in [1.29, 1.82) is 0 Å². The summed E-state index contributed by atoms with van der Waals surface area (Å²) in [7, 11) is 3.49. The van der Waals surface area contributed by atoms with Gasteiger partial charge in [0.15, 0.2) is 0 Å². The number of aliphatic hydroxyl groups is 1. The predicted octanol–water partition coefficient (Wildman–Crippen LogP) is -0.110. The molecule has 0 heterocycles. The Balaban J connectivity index is 2.33. The molecule has 1 amide bonds. The quantitative estimate of drug-likeness (QED) is 0.570. The highest BCUT2D eigenvalue weighted by atomic mass is 16.5. The van der Waals surface area contributed by atoms with Crippen LogP contribution in [0.5, 0.6) is 0 Å². The Morgan fingerprint density at radius 1 is 1.47 bits per heavy atom. The molecule has 0 saturated heterocycles. The molecule has 0 aliphatic heterocycles. The number of hydrogen-bond donors (Lipinski definition) is 3. The molecule has 100 valence electrons. The number of nitrogens with one attached hydrogen (secondary N) is 2. The smallest absolute Gasteiger partial charge is 0.223 e. The molecule has 1 rings (SSSR count). The highest BCUT2D eigenvalue weighted by molar-refractivity contribution is 5.78. The molecule has 0 bridgehead atoms. The molecule has 3 N–H and O–H groups in total. The van der Waals surface area contributed by atoms with Crippen LogP contribution < -0.4 is 10.6 Å². The van der Waals surface area contributed by atoms with Crippen LogP contribution >= 0.6 is 0 Å². The molecular weight excluding hydrogens is 220 g/mol. The summed E-state index contributed by atoms with van der Waals surface area (Å²) in [6, 6.07) is 0. The van der Waals surface area contributed by atoms with E-state index in [0.717, 1.165) is 25.7 Å². The van der Waals surface area contributed by atoms with Gasteiger partial charge in [0.25, 0.3) is 0 Å². The Kier molecular flexibility index (Phi) is 5.88. The van der Waals surface area contributed by atoms with E-state index in [-0.39, 0.29) is 24.0 Å². The first-order chi connectivity index (χ1) is 8.17. The molecule has 0 unspecified atom stereocenters. The molecule has 1 saturated carbocycles. The Labute approximate surface area is 103 Å². The number of rotatable bonds is 6. The van der Waals surface area contributed by atoms with E-state index in [2.05, 4.69) is 10.6 Å². The van der Waals surface area contributed by atoms with Crippen LogP contribution in [0, 0.1) is 5.92 Å². The van der Waals surface area contributed by atoms with Crippen molar-refractivity contribution in [2.75, 3.05) is 33.9 Å². The summed E-state index contributed by atoms with van der Waals surface area (Å²) in [6.45, 7) is 1.26. The zero-order chi connectivity index (χ0) is 12.7. The van der Waals surface area contributed by atoms with Crippen LogP contribution in [-0.2, 0) is 9.53 Å². The first-order valence-corrected chi connectivity index (χ1v) is 6.24. The van der Waals surface area contributed by atoms with Crippen LogP contribution in [0.1, 0.15) is 25.7 Å². The summed E-state index contributed by atoms with van der Waals surface area (Å²) in [6.07, 6.45) is 3.37. The number of likely N-dealkylation sites (N-methyl/N-ethyl adjacent to an activating group) is 1. The Bertz CT molecular complexity index is 232. The topological polar surface area (TPSA) is 70.6 Å². The van der Waals surface area contributed by atoms with Crippen molar-refractivity contribution >= 4 is 5.91 Å². The predicted molar refractivity (Wildman–Crippen MR) is 65.7 cm³/mol.